The molecule has 5 heteroatoms. The second-order valence-corrected chi connectivity index (χ2v) is 6.31. The van der Waals surface area contributed by atoms with Gasteiger partial charge in [0.2, 0.25) is 0 Å². The van der Waals surface area contributed by atoms with Gasteiger partial charge in [-0.15, -0.1) is 0 Å². The molecule has 26 heavy (non-hydrogen) atoms. The predicted octanol–water partition coefficient (Wildman–Crippen LogP) is 3.85. The molecule has 3 aromatic carbocycles. The Morgan fingerprint density at radius 2 is 1.88 bits per heavy atom. The van der Waals surface area contributed by atoms with Crippen LogP contribution in [0.5, 0.6) is 5.75 Å². The van der Waals surface area contributed by atoms with Crippen molar-refractivity contribution in [2.45, 2.75) is 19.6 Å². The molecule has 1 N–H and O–H groups in total. The number of aromatic carboxylic acids is 1. The number of ether oxygens (including phenoxy) is 1. The lowest BCUT2D eigenvalue weighted by atomic mass is 10.0. The minimum atomic E-state index is -1.03. The second-order valence-electron chi connectivity index (χ2n) is 6.31. The molecular weight excluding hydrogens is 330 g/mol. The highest BCUT2D eigenvalue weighted by atomic mass is 16.5. The van der Waals surface area contributed by atoms with E-state index in [2.05, 4.69) is 0 Å². The number of amides is 1. The minimum absolute atomic E-state index is 0.135. The minimum Gasteiger partial charge on any atom is -0.479 e. The molecular formula is C21H17NO4. The van der Waals surface area contributed by atoms with Crippen molar-refractivity contribution >= 4 is 28.3 Å². The maximum Gasteiger partial charge on any atom is 0.335 e. The Labute approximate surface area is 150 Å². The third kappa shape index (κ3) is 2.67. The number of anilines is 1. The summed E-state index contributed by atoms with van der Waals surface area (Å²) in [7, 11) is 0. The Morgan fingerprint density at radius 3 is 2.69 bits per heavy atom. The van der Waals surface area contributed by atoms with E-state index in [1.165, 1.54) is 12.1 Å². The summed E-state index contributed by atoms with van der Waals surface area (Å²) in [5.41, 5.74) is 1.75. The number of carbonyl (C=O) groups is 2. The Balaban J connectivity index is 1.78. The van der Waals surface area contributed by atoms with Crippen molar-refractivity contribution in [1.29, 1.82) is 0 Å². The normalized spacial score (nSPS) is 16.3. The summed E-state index contributed by atoms with van der Waals surface area (Å²) in [5.74, 6) is -0.757. The van der Waals surface area contributed by atoms with Crippen LogP contribution in [0, 0.1) is 0 Å². The first kappa shape index (κ1) is 16.1. The SMILES string of the molecule is CC1Oc2cc(C(=O)O)ccc2N(Cc2cccc3ccccc23)C1=O. The van der Waals surface area contributed by atoms with Gasteiger partial charge in [-0.1, -0.05) is 42.5 Å². The maximum absolute atomic E-state index is 12.7. The number of carbonyl (C=O) groups excluding carboxylic acids is 1. The highest BCUT2D eigenvalue weighted by Gasteiger charge is 2.32. The van der Waals surface area contributed by atoms with Crippen molar-refractivity contribution in [2.24, 2.45) is 0 Å². The summed E-state index contributed by atoms with van der Waals surface area (Å²) < 4.78 is 5.64. The zero-order chi connectivity index (χ0) is 18.3. The van der Waals surface area contributed by atoms with Gasteiger partial charge in [-0.25, -0.2) is 4.79 Å². The molecule has 3 aromatic rings. The van der Waals surface area contributed by atoms with E-state index in [1.54, 1.807) is 17.9 Å². The molecule has 0 saturated carbocycles. The quantitative estimate of drug-likeness (QED) is 0.781. The monoisotopic (exact) mass is 347 g/mol. The van der Waals surface area contributed by atoms with Gasteiger partial charge in [0, 0.05) is 0 Å². The maximum atomic E-state index is 12.7. The van der Waals surface area contributed by atoms with E-state index >= 15 is 0 Å². The standard InChI is InChI=1S/C21H17NO4/c1-13-20(23)22(18-10-9-15(21(24)25)11-19(18)26-13)12-16-7-4-6-14-5-2-3-8-17(14)16/h2-11,13H,12H2,1H3,(H,24,25). The molecule has 130 valence electrons. The zero-order valence-electron chi connectivity index (χ0n) is 14.2. The average Bonchev–Trinajstić information content (AvgIpc) is 2.65. The lowest BCUT2D eigenvalue weighted by Crippen LogP contribution is -2.44. The fraction of sp³-hybridized carbons (Fsp3) is 0.143. The van der Waals surface area contributed by atoms with Crippen LogP contribution in [-0.2, 0) is 11.3 Å². The van der Waals surface area contributed by atoms with E-state index < -0.39 is 12.1 Å². The van der Waals surface area contributed by atoms with Gasteiger partial charge >= 0.3 is 5.97 Å². The molecule has 1 aliphatic rings. The number of carboxylic acid groups (broad SMARTS) is 1. The first-order valence-corrected chi connectivity index (χ1v) is 8.36. The van der Waals surface area contributed by atoms with Crippen LogP contribution < -0.4 is 9.64 Å². The summed E-state index contributed by atoms with van der Waals surface area (Å²) in [4.78, 5) is 25.6. The van der Waals surface area contributed by atoms with E-state index in [9.17, 15) is 14.7 Å². The highest BCUT2D eigenvalue weighted by molar-refractivity contribution is 6.01. The molecule has 1 unspecified atom stereocenters. The predicted molar refractivity (Wildman–Crippen MR) is 98.6 cm³/mol. The van der Waals surface area contributed by atoms with E-state index in [4.69, 9.17) is 4.74 Å². The van der Waals surface area contributed by atoms with E-state index in [-0.39, 0.29) is 11.5 Å². The van der Waals surface area contributed by atoms with Gasteiger partial charge < -0.3 is 14.7 Å². The van der Waals surface area contributed by atoms with Crippen molar-refractivity contribution in [3.05, 3.63) is 71.8 Å². The highest BCUT2D eigenvalue weighted by Crippen LogP contribution is 2.36. The Bertz CT molecular complexity index is 1020. The molecule has 5 nitrogen and oxygen atoms in total. The first-order valence-electron chi connectivity index (χ1n) is 8.36. The third-order valence-corrected chi connectivity index (χ3v) is 4.62. The number of rotatable bonds is 3. The lowest BCUT2D eigenvalue weighted by molar-refractivity contribution is -0.125. The summed E-state index contributed by atoms with van der Waals surface area (Å²) in [5, 5.41) is 11.4. The van der Waals surface area contributed by atoms with Crippen molar-refractivity contribution in [2.75, 3.05) is 4.90 Å². The molecule has 0 radical (unpaired) electrons. The Morgan fingerprint density at radius 1 is 1.12 bits per heavy atom. The molecule has 1 amide bonds. The number of hydrogen-bond donors (Lipinski definition) is 1. The molecule has 0 aliphatic carbocycles. The van der Waals surface area contributed by atoms with Gasteiger partial charge in [-0.05, 0) is 41.5 Å². The molecule has 1 heterocycles. The van der Waals surface area contributed by atoms with E-state index in [0.717, 1.165) is 16.3 Å². The summed E-state index contributed by atoms with van der Waals surface area (Å²) in [6.07, 6.45) is -0.665. The van der Waals surface area contributed by atoms with E-state index in [0.29, 0.717) is 18.0 Å². The largest absolute Gasteiger partial charge is 0.479 e. The molecule has 0 spiro atoms. The van der Waals surface area contributed by atoms with Crippen LogP contribution in [0.25, 0.3) is 10.8 Å². The summed E-state index contributed by atoms with van der Waals surface area (Å²) >= 11 is 0. The fourth-order valence-corrected chi connectivity index (χ4v) is 3.31. The fourth-order valence-electron chi connectivity index (χ4n) is 3.31. The molecule has 1 aliphatic heterocycles. The topological polar surface area (TPSA) is 66.8 Å². The van der Waals surface area contributed by atoms with Crippen LogP contribution in [0.2, 0.25) is 0 Å². The second kappa shape index (κ2) is 6.19. The van der Waals surface area contributed by atoms with Gasteiger partial charge in [0.15, 0.2) is 6.10 Å². The van der Waals surface area contributed by atoms with Crippen molar-refractivity contribution < 1.29 is 19.4 Å². The van der Waals surface area contributed by atoms with Gasteiger partial charge in [-0.3, -0.25) is 4.79 Å². The van der Waals surface area contributed by atoms with Gasteiger partial charge in [0.25, 0.3) is 5.91 Å². The molecule has 0 aromatic heterocycles. The summed E-state index contributed by atoms with van der Waals surface area (Å²) in [6.45, 7) is 2.07. The number of nitrogens with zero attached hydrogens (tertiary/aromatic N) is 1. The van der Waals surface area contributed by atoms with Crippen LogP contribution in [0.1, 0.15) is 22.8 Å². The molecule has 1 atom stereocenters. The third-order valence-electron chi connectivity index (χ3n) is 4.62. The number of fused-ring (bicyclic) bond motifs is 2. The van der Waals surface area contributed by atoms with Crippen molar-refractivity contribution in [1.82, 2.24) is 0 Å². The number of carboxylic acids is 1. The van der Waals surface area contributed by atoms with Crippen LogP contribution in [0.15, 0.2) is 60.7 Å². The number of hydrogen-bond acceptors (Lipinski definition) is 3. The average molecular weight is 347 g/mol. The van der Waals surface area contributed by atoms with E-state index in [1.807, 2.05) is 42.5 Å². The van der Waals surface area contributed by atoms with Crippen molar-refractivity contribution in [3.8, 4) is 5.75 Å². The van der Waals surface area contributed by atoms with Gasteiger partial charge in [0.05, 0.1) is 17.8 Å². The zero-order valence-corrected chi connectivity index (χ0v) is 14.2. The Hall–Kier alpha value is -3.34. The molecule has 4 rings (SSSR count). The summed E-state index contributed by atoms with van der Waals surface area (Å²) in [6, 6.07) is 18.6. The Kier molecular flexibility index (Phi) is 3.84. The van der Waals surface area contributed by atoms with Crippen LogP contribution in [0.3, 0.4) is 0 Å². The van der Waals surface area contributed by atoms with Crippen LogP contribution >= 0.6 is 0 Å². The van der Waals surface area contributed by atoms with Crippen LogP contribution in [0.4, 0.5) is 5.69 Å². The molecule has 0 bridgehead atoms. The molecule has 0 fully saturated rings. The van der Waals surface area contributed by atoms with Gasteiger partial charge in [-0.2, -0.15) is 0 Å². The van der Waals surface area contributed by atoms with Gasteiger partial charge in [0.1, 0.15) is 5.75 Å². The molecule has 0 saturated heterocycles. The lowest BCUT2D eigenvalue weighted by Gasteiger charge is -2.33. The number of benzene rings is 3. The van der Waals surface area contributed by atoms with Crippen LogP contribution in [-0.4, -0.2) is 23.1 Å². The first-order chi connectivity index (χ1) is 12.5. The van der Waals surface area contributed by atoms with Crippen molar-refractivity contribution in [3.63, 3.8) is 0 Å². The smallest absolute Gasteiger partial charge is 0.335 e.